The molecule has 0 aromatic rings. The van der Waals surface area contributed by atoms with Gasteiger partial charge >= 0.3 is 11.9 Å². The van der Waals surface area contributed by atoms with Gasteiger partial charge in [0.1, 0.15) is 0 Å². The van der Waals surface area contributed by atoms with Gasteiger partial charge in [0.2, 0.25) is 0 Å². The van der Waals surface area contributed by atoms with E-state index in [0.29, 0.717) is 0 Å². The average molecular weight is 137 g/mol. The molecule has 0 fully saturated rings. The van der Waals surface area contributed by atoms with E-state index in [-0.39, 0.29) is 6.61 Å². The second kappa shape index (κ2) is 2.75. The number of halogens is 2. The van der Waals surface area contributed by atoms with E-state index in [1.54, 1.807) is 0 Å². The van der Waals surface area contributed by atoms with Crippen LogP contribution in [0.25, 0.3) is 0 Å². The summed E-state index contributed by atoms with van der Waals surface area (Å²) < 4.78 is 27.4. The van der Waals surface area contributed by atoms with Crippen LogP contribution in [0.4, 0.5) is 8.78 Å². The van der Waals surface area contributed by atoms with Crippen LogP contribution < -0.4 is 0 Å². The third kappa shape index (κ3) is 3.00. The molecule has 0 aromatic heterocycles. The summed E-state index contributed by atoms with van der Waals surface area (Å²) in [6.07, 6.45) is 0. The molecule has 0 aliphatic rings. The van der Waals surface area contributed by atoms with Crippen LogP contribution in [-0.4, -0.2) is 18.5 Å². The second-order valence-corrected chi connectivity index (χ2v) is 1.42. The predicted molar refractivity (Wildman–Crippen MR) is 26.9 cm³/mol. The summed E-state index contributed by atoms with van der Waals surface area (Å²) >= 11 is 0. The molecule has 1 radical (unpaired) electrons. The van der Waals surface area contributed by atoms with Crippen LogP contribution in [0, 0.1) is 6.92 Å². The minimum atomic E-state index is -3.60. The van der Waals surface area contributed by atoms with Gasteiger partial charge in [0, 0.05) is 6.92 Å². The molecule has 53 valence electrons. The van der Waals surface area contributed by atoms with Crippen LogP contribution in [0.1, 0.15) is 6.92 Å². The Bertz CT molecular complexity index is 106. The van der Waals surface area contributed by atoms with Crippen molar-refractivity contribution in [3.8, 4) is 0 Å². The van der Waals surface area contributed by atoms with E-state index in [1.807, 2.05) is 0 Å². The number of ether oxygens (including phenoxy) is 1. The minimum Gasteiger partial charge on any atom is -0.462 e. The third-order valence-electron chi connectivity index (χ3n) is 0.574. The molecular formula is C5H7F2O2. The molecule has 0 unspecified atom stereocenters. The quantitative estimate of drug-likeness (QED) is 0.531. The molecule has 0 rings (SSSR count). The molecule has 0 heterocycles. The van der Waals surface area contributed by atoms with Crippen LogP contribution in [0.2, 0.25) is 0 Å². The fourth-order valence-corrected chi connectivity index (χ4v) is 0.237. The molecule has 0 spiro atoms. The fraction of sp³-hybridized carbons (Fsp3) is 0.600. The molecule has 0 N–H and O–H groups in total. The second-order valence-electron chi connectivity index (χ2n) is 1.42. The number of hydrogen-bond donors (Lipinski definition) is 0. The number of carbonyl (C=O) groups is 1. The van der Waals surface area contributed by atoms with E-state index in [2.05, 4.69) is 11.7 Å². The average Bonchev–Trinajstić information content (AvgIpc) is 1.64. The topological polar surface area (TPSA) is 26.3 Å². The first-order chi connectivity index (χ1) is 3.98. The van der Waals surface area contributed by atoms with E-state index in [4.69, 9.17) is 0 Å². The highest BCUT2D eigenvalue weighted by molar-refractivity contribution is 5.78. The van der Waals surface area contributed by atoms with Gasteiger partial charge in [-0.2, -0.15) is 8.78 Å². The summed E-state index contributed by atoms with van der Waals surface area (Å²) in [7, 11) is 0. The van der Waals surface area contributed by atoms with Crippen LogP contribution in [0.5, 0.6) is 0 Å². The Morgan fingerprint density at radius 2 is 2.22 bits per heavy atom. The maximum atomic E-state index is 11.7. The van der Waals surface area contributed by atoms with Gasteiger partial charge in [0.15, 0.2) is 0 Å². The van der Waals surface area contributed by atoms with E-state index in [1.165, 1.54) is 6.92 Å². The number of alkyl halides is 2. The maximum absolute atomic E-state index is 11.7. The van der Waals surface area contributed by atoms with Gasteiger partial charge in [-0.1, -0.05) is 0 Å². The lowest BCUT2D eigenvalue weighted by atomic mass is 10.4. The molecule has 0 saturated carbocycles. The summed E-state index contributed by atoms with van der Waals surface area (Å²) in [5.41, 5.74) is 0. The largest absolute Gasteiger partial charge is 0.462 e. The van der Waals surface area contributed by atoms with E-state index in [9.17, 15) is 13.6 Å². The van der Waals surface area contributed by atoms with Crippen molar-refractivity contribution in [2.45, 2.75) is 12.8 Å². The first kappa shape index (κ1) is 8.33. The maximum Gasteiger partial charge on any atom is 0.376 e. The molecule has 0 aromatic carbocycles. The number of carbonyl (C=O) groups excluding carboxylic acids is 1. The SMILES string of the molecule is [CH2]C(F)(F)C(=O)OCC. The van der Waals surface area contributed by atoms with E-state index < -0.39 is 11.9 Å². The zero-order valence-corrected chi connectivity index (χ0v) is 4.99. The van der Waals surface area contributed by atoms with Gasteiger partial charge in [-0.05, 0) is 6.92 Å². The van der Waals surface area contributed by atoms with Crippen molar-refractivity contribution in [2.24, 2.45) is 0 Å². The molecule has 0 amide bonds. The van der Waals surface area contributed by atoms with Crippen molar-refractivity contribution >= 4 is 5.97 Å². The van der Waals surface area contributed by atoms with Gasteiger partial charge in [0.05, 0.1) is 6.61 Å². The first-order valence-corrected chi connectivity index (χ1v) is 2.39. The van der Waals surface area contributed by atoms with Gasteiger partial charge < -0.3 is 4.74 Å². The molecule has 0 atom stereocenters. The monoisotopic (exact) mass is 137 g/mol. The molecule has 0 saturated heterocycles. The molecule has 4 heteroatoms. The Kier molecular flexibility index (Phi) is 2.55. The summed E-state index contributed by atoms with van der Waals surface area (Å²) in [5, 5.41) is 0. The van der Waals surface area contributed by atoms with Gasteiger partial charge in [0.25, 0.3) is 0 Å². The van der Waals surface area contributed by atoms with E-state index in [0.717, 1.165) is 0 Å². The van der Waals surface area contributed by atoms with Gasteiger partial charge in [-0.15, -0.1) is 0 Å². The summed E-state index contributed by atoms with van der Waals surface area (Å²) in [5.74, 6) is -5.18. The van der Waals surface area contributed by atoms with E-state index >= 15 is 0 Å². The van der Waals surface area contributed by atoms with Crippen LogP contribution >= 0.6 is 0 Å². The van der Waals surface area contributed by atoms with Crippen LogP contribution in [0.3, 0.4) is 0 Å². The lowest BCUT2D eigenvalue weighted by Gasteiger charge is -2.06. The molecule has 0 bridgehead atoms. The summed E-state index contributed by atoms with van der Waals surface area (Å²) in [6, 6.07) is 0. The molecular weight excluding hydrogens is 130 g/mol. The molecule has 0 aliphatic carbocycles. The third-order valence-corrected chi connectivity index (χ3v) is 0.574. The molecule has 0 aliphatic heterocycles. The Labute approximate surface area is 51.8 Å². The van der Waals surface area contributed by atoms with Crippen molar-refractivity contribution < 1.29 is 18.3 Å². The highest BCUT2D eigenvalue weighted by Crippen LogP contribution is 2.12. The Morgan fingerprint density at radius 1 is 1.78 bits per heavy atom. The highest BCUT2D eigenvalue weighted by atomic mass is 19.3. The standard InChI is InChI=1S/C5H7F2O2/c1-3-9-4(8)5(2,6)7/h2-3H2,1H3. The molecule has 9 heavy (non-hydrogen) atoms. The van der Waals surface area contributed by atoms with Crippen molar-refractivity contribution in [3.05, 3.63) is 6.92 Å². The molecule has 2 nitrogen and oxygen atoms in total. The minimum absolute atomic E-state index is 0.0516. The summed E-state index contributed by atoms with van der Waals surface area (Å²) in [4.78, 5) is 10.0. The highest BCUT2D eigenvalue weighted by Gasteiger charge is 2.33. The zero-order valence-electron chi connectivity index (χ0n) is 4.99. The fourth-order valence-electron chi connectivity index (χ4n) is 0.237. The van der Waals surface area contributed by atoms with Gasteiger partial charge in [-0.25, -0.2) is 4.79 Å². The normalized spacial score (nSPS) is 11.1. The number of hydrogen-bond acceptors (Lipinski definition) is 2. The Morgan fingerprint density at radius 3 is 2.33 bits per heavy atom. The van der Waals surface area contributed by atoms with Crippen LogP contribution in [-0.2, 0) is 9.53 Å². The predicted octanol–water partition coefficient (Wildman–Crippen LogP) is 1.02. The van der Waals surface area contributed by atoms with Crippen LogP contribution in [0.15, 0.2) is 0 Å². The van der Waals surface area contributed by atoms with Crippen molar-refractivity contribution in [1.82, 2.24) is 0 Å². The lowest BCUT2D eigenvalue weighted by molar-refractivity contribution is -0.165. The lowest BCUT2D eigenvalue weighted by Crippen LogP contribution is -2.26. The Hall–Kier alpha value is -0.670. The van der Waals surface area contributed by atoms with Gasteiger partial charge in [-0.3, -0.25) is 0 Å². The zero-order chi connectivity index (χ0) is 7.49. The number of rotatable bonds is 2. The van der Waals surface area contributed by atoms with Crippen molar-refractivity contribution in [2.75, 3.05) is 6.61 Å². The van der Waals surface area contributed by atoms with Crippen molar-refractivity contribution in [1.29, 1.82) is 0 Å². The Balaban J connectivity index is 3.74. The smallest absolute Gasteiger partial charge is 0.376 e. The summed E-state index contributed by atoms with van der Waals surface area (Å²) in [6.45, 7) is 3.68. The number of esters is 1. The first-order valence-electron chi connectivity index (χ1n) is 2.39. The van der Waals surface area contributed by atoms with Crippen molar-refractivity contribution in [3.63, 3.8) is 0 Å².